The molecule has 0 aromatic heterocycles. The van der Waals surface area contributed by atoms with Gasteiger partial charge in [-0.3, -0.25) is 4.79 Å². The lowest BCUT2D eigenvalue weighted by atomic mass is 10.1. The molecule has 4 heteroatoms. The molecule has 0 bridgehead atoms. The predicted molar refractivity (Wildman–Crippen MR) is 67.3 cm³/mol. The standard InChI is InChI=1S/C13H18N2O2/c1-9(8-16)15(2)13(17)11-3-4-12-10(7-11)5-6-14-12/h3-4,7,9,14,16H,5-6,8H2,1-2H3. The number of rotatable bonds is 3. The maximum Gasteiger partial charge on any atom is 0.253 e. The monoisotopic (exact) mass is 234 g/mol. The van der Waals surface area contributed by atoms with Gasteiger partial charge in [-0.1, -0.05) is 0 Å². The molecular weight excluding hydrogens is 216 g/mol. The molecular formula is C13H18N2O2. The Kier molecular flexibility index (Phi) is 3.33. The van der Waals surface area contributed by atoms with Crippen LogP contribution in [0.5, 0.6) is 0 Å². The molecule has 0 fully saturated rings. The molecule has 17 heavy (non-hydrogen) atoms. The number of nitrogens with one attached hydrogen (secondary N) is 1. The van der Waals surface area contributed by atoms with Crippen LogP contribution in [0.3, 0.4) is 0 Å². The number of amides is 1. The summed E-state index contributed by atoms with van der Waals surface area (Å²) in [4.78, 5) is 13.7. The summed E-state index contributed by atoms with van der Waals surface area (Å²) in [6.45, 7) is 2.75. The van der Waals surface area contributed by atoms with E-state index in [0.717, 1.165) is 18.7 Å². The van der Waals surface area contributed by atoms with Gasteiger partial charge in [0.2, 0.25) is 0 Å². The smallest absolute Gasteiger partial charge is 0.253 e. The summed E-state index contributed by atoms with van der Waals surface area (Å²) in [5, 5.41) is 12.3. The number of carbonyl (C=O) groups excluding carboxylic acids is 1. The number of aliphatic hydroxyl groups is 1. The minimum atomic E-state index is -0.158. The summed E-state index contributed by atoms with van der Waals surface area (Å²) in [5.41, 5.74) is 3.01. The molecule has 2 N–H and O–H groups in total. The number of fused-ring (bicyclic) bond motifs is 1. The van der Waals surface area contributed by atoms with Crippen LogP contribution in [0.25, 0.3) is 0 Å². The van der Waals surface area contributed by atoms with Crippen LogP contribution in [0.1, 0.15) is 22.8 Å². The number of likely N-dealkylation sites (N-methyl/N-ethyl adjacent to an activating group) is 1. The maximum atomic E-state index is 12.1. The molecule has 1 aromatic rings. The molecule has 1 unspecified atom stereocenters. The molecule has 2 rings (SSSR count). The van der Waals surface area contributed by atoms with Crippen LogP contribution < -0.4 is 5.32 Å². The van der Waals surface area contributed by atoms with Gasteiger partial charge in [0.15, 0.2) is 0 Å². The highest BCUT2D eigenvalue weighted by Crippen LogP contribution is 2.23. The van der Waals surface area contributed by atoms with Crippen molar-refractivity contribution in [3.8, 4) is 0 Å². The first-order chi connectivity index (χ1) is 8.13. The highest BCUT2D eigenvalue weighted by molar-refractivity contribution is 5.95. The first-order valence-electron chi connectivity index (χ1n) is 5.88. The number of anilines is 1. The molecule has 4 nitrogen and oxygen atoms in total. The Bertz CT molecular complexity index is 431. The van der Waals surface area contributed by atoms with Crippen molar-refractivity contribution in [2.24, 2.45) is 0 Å². The summed E-state index contributed by atoms with van der Waals surface area (Å²) in [6, 6.07) is 5.57. The fourth-order valence-electron chi connectivity index (χ4n) is 1.96. The molecule has 0 spiro atoms. The fourth-order valence-corrected chi connectivity index (χ4v) is 1.96. The normalized spacial score (nSPS) is 15.0. The lowest BCUT2D eigenvalue weighted by Crippen LogP contribution is -2.37. The van der Waals surface area contributed by atoms with Crippen molar-refractivity contribution in [1.29, 1.82) is 0 Å². The van der Waals surface area contributed by atoms with Gasteiger partial charge >= 0.3 is 0 Å². The lowest BCUT2D eigenvalue weighted by Gasteiger charge is -2.23. The molecule has 1 aliphatic rings. The summed E-state index contributed by atoms with van der Waals surface area (Å²) in [7, 11) is 1.72. The Labute approximate surface area is 101 Å². The van der Waals surface area contributed by atoms with Gasteiger partial charge in [0.1, 0.15) is 0 Å². The van der Waals surface area contributed by atoms with E-state index in [9.17, 15) is 4.79 Å². The Morgan fingerprint density at radius 1 is 1.59 bits per heavy atom. The molecule has 0 saturated carbocycles. The number of aliphatic hydroxyl groups excluding tert-OH is 1. The molecule has 1 amide bonds. The van der Waals surface area contributed by atoms with Crippen molar-refractivity contribution in [3.63, 3.8) is 0 Å². The van der Waals surface area contributed by atoms with Gasteiger partial charge in [0.05, 0.1) is 12.6 Å². The molecule has 0 radical (unpaired) electrons. The Morgan fingerprint density at radius 3 is 3.06 bits per heavy atom. The number of hydrogen-bond acceptors (Lipinski definition) is 3. The zero-order valence-corrected chi connectivity index (χ0v) is 10.2. The third-order valence-corrected chi connectivity index (χ3v) is 3.31. The van der Waals surface area contributed by atoms with Crippen molar-refractivity contribution in [2.75, 3.05) is 25.5 Å². The van der Waals surface area contributed by atoms with E-state index in [0.29, 0.717) is 5.56 Å². The van der Waals surface area contributed by atoms with E-state index in [1.54, 1.807) is 11.9 Å². The molecule has 1 aliphatic heterocycles. The quantitative estimate of drug-likeness (QED) is 0.823. The minimum Gasteiger partial charge on any atom is -0.394 e. The average molecular weight is 234 g/mol. The maximum absolute atomic E-state index is 12.1. The van der Waals surface area contributed by atoms with Gasteiger partial charge in [-0.05, 0) is 37.1 Å². The number of nitrogens with zero attached hydrogens (tertiary/aromatic N) is 1. The van der Waals surface area contributed by atoms with Crippen LogP contribution >= 0.6 is 0 Å². The van der Waals surface area contributed by atoms with Crippen molar-refractivity contribution < 1.29 is 9.90 Å². The Balaban J connectivity index is 2.20. The first kappa shape index (κ1) is 11.9. The van der Waals surface area contributed by atoms with Gasteiger partial charge in [-0.15, -0.1) is 0 Å². The van der Waals surface area contributed by atoms with Gasteiger partial charge < -0.3 is 15.3 Å². The third-order valence-electron chi connectivity index (χ3n) is 3.31. The predicted octanol–water partition coefficient (Wildman–Crippen LogP) is 1.11. The Morgan fingerprint density at radius 2 is 2.35 bits per heavy atom. The fraction of sp³-hybridized carbons (Fsp3) is 0.462. The van der Waals surface area contributed by atoms with Crippen molar-refractivity contribution in [2.45, 2.75) is 19.4 Å². The van der Waals surface area contributed by atoms with Gasteiger partial charge in [0.25, 0.3) is 5.91 Å². The first-order valence-corrected chi connectivity index (χ1v) is 5.88. The topological polar surface area (TPSA) is 52.6 Å². The van der Waals surface area contributed by atoms with Crippen LogP contribution in [0.4, 0.5) is 5.69 Å². The molecule has 1 heterocycles. The number of benzene rings is 1. The number of hydrogen-bond donors (Lipinski definition) is 2. The summed E-state index contributed by atoms with van der Waals surface area (Å²) in [6.07, 6.45) is 0.968. The van der Waals surface area contributed by atoms with Crippen molar-refractivity contribution >= 4 is 11.6 Å². The van der Waals surface area contributed by atoms with E-state index in [1.165, 1.54) is 5.56 Å². The van der Waals surface area contributed by atoms with Crippen LogP contribution in [-0.4, -0.2) is 42.2 Å². The second-order valence-electron chi connectivity index (χ2n) is 4.50. The zero-order valence-electron chi connectivity index (χ0n) is 10.2. The molecule has 0 aliphatic carbocycles. The minimum absolute atomic E-state index is 0.0191. The number of carbonyl (C=O) groups is 1. The molecule has 1 aromatic carbocycles. The van der Waals surface area contributed by atoms with Crippen LogP contribution in [0, 0.1) is 0 Å². The van der Waals surface area contributed by atoms with E-state index < -0.39 is 0 Å². The van der Waals surface area contributed by atoms with Crippen molar-refractivity contribution in [1.82, 2.24) is 4.90 Å². The highest BCUT2D eigenvalue weighted by atomic mass is 16.3. The lowest BCUT2D eigenvalue weighted by molar-refractivity contribution is 0.0682. The van der Waals surface area contributed by atoms with E-state index in [2.05, 4.69) is 5.32 Å². The van der Waals surface area contributed by atoms with Crippen molar-refractivity contribution in [3.05, 3.63) is 29.3 Å². The summed E-state index contributed by atoms with van der Waals surface area (Å²) in [5.74, 6) is -0.0405. The Hall–Kier alpha value is -1.55. The van der Waals surface area contributed by atoms with Crippen LogP contribution in [-0.2, 0) is 6.42 Å². The van der Waals surface area contributed by atoms with E-state index in [1.807, 2.05) is 25.1 Å². The molecule has 0 saturated heterocycles. The van der Waals surface area contributed by atoms with E-state index in [4.69, 9.17) is 5.11 Å². The summed E-state index contributed by atoms with van der Waals surface area (Å²) < 4.78 is 0. The second-order valence-corrected chi connectivity index (χ2v) is 4.50. The third kappa shape index (κ3) is 2.26. The SMILES string of the molecule is CC(CO)N(C)C(=O)c1ccc2c(c1)CCN2. The average Bonchev–Trinajstić information content (AvgIpc) is 2.83. The zero-order chi connectivity index (χ0) is 12.4. The van der Waals surface area contributed by atoms with Crippen LogP contribution in [0.15, 0.2) is 18.2 Å². The molecule has 1 atom stereocenters. The van der Waals surface area contributed by atoms with Gasteiger partial charge in [-0.2, -0.15) is 0 Å². The van der Waals surface area contributed by atoms with E-state index in [-0.39, 0.29) is 18.6 Å². The van der Waals surface area contributed by atoms with E-state index >= 15 is 0 Å². The molecule has 92 valence electrons. The summed E-state index contributed by atoms with van der Waals surface area (Å²) >= 11 is 0. The highest BCUT2D eigenvalue weighted by Gasteiger charge is 2.19. The largest absolute Gasteiger partial charge is 0.394 e. The second kappa shape index (κ2) is 4.75. The van der Waals surface area contributed by atoms with Crippen LogP contribution in [0.2, 0.25) is 0 Å². The van der Waals surface area contributed by atoms with Gasteiger partial charge in [-0.25, -0.2) is 0 Å². The van der Waals surface area contributed by atoms with Gasteiger partial charge in [0, 0.05) is 24.8 Å².